The highest BCUT2D eigenvalue weighted by Crippen LogP contribution is 2.47. The Hall–Kier alpha value is -4.51. The molecule has 0 radical (unpaired) electrons. The third kappa shape index (κ3) is 7.77. The zero-order valence-corrected chi connectivity index (χ0v) is 30.9. The first-order valence-corrected chi connectivity index (χ1v) is 19.5. The number of carbonyl (C=O) groups excluding carboxylic acids is 3. The van der Waals surface area contributed by atoms with Gasteiger partial charge < -0.3 is 34.9 Å². The molecule has 2 aromatic rings. The van der Waals surface area contributed by atoms with Crippen LogP contribution < -0.4 is 24.8 Å². The Kier molecular flexibility index (Phi) is 10.6. The van der Waals surface area contributed by atoms with Crippen molar-refractivity contribution in [3.05, 3.63) is 42.4 Å². The fourth-order valence-electron chi connectivity index (χ4n) is 7.10. The molecule has 4 amide bonds. The summed E-state index contributed by atoms with van der Waals surface area (Å²) in [6.07, 6.45) is 3.49. The van der Waals surface area contributed by atoms with Gasteiger partial charge >= 0.3 is 6.09 Å². The Labute approximate surface area is 307 Å². The van der Waals surface area contributed by atoms with Gasteiger partial charge in [-0.25, -0.2) is 22.6 Å². The van der Waals surface area contributed by atoms with E-state index in [9.17, 15) is 37.1 Å². The van der Waals surface area contributed by atoms with Crippen LogP contribution >= 0.6 is 0 Å². The molecule has 17 heteroatoms. The molecule has 4 N–H and O–H groups in total. The highest BCUT2D eigenvalue weighted by Gasteiger charge is 2.63. The van der Waals surface area contributed by atoms with Gasteiger partial charge in [-0.2, -0.15) is 0 Å². The molecule has 0 bridgehead atoms. The van der Waals surface area contributed by atoms with Crippen molar-refractivity contribution < 1.29 is 51.3 Å². The molecule has 1 aromatic carbocycles. The van der Waals surface area contributed by atoms with E-state index in [0.717, 1.165) is 0 Å². The second kappa shape index (κ2) is 14.7. The number of aromatic nitrogens is 1. The molecule has 288 valence electrons. The number of carbonyl (C=O) groups is 4. The molecule has 7 atom stereocenters. The van der Waals surface area contributed by atoms with Crippen molar-refractivity contribution in [2.75, 3.05) is 13.2 Å². The van der Waals surface area contributed by atoms with Crippen LogP contribution in [0.5, 0.6) is 11.6 Å². The lowest BCUT2D eigenvalue weighted by molar-refractivity contribution is -0.145. The Morgan fingerprint density at radius 2 is 1.98 bits per heavy atom. The van der Waals surface area contributed by atoms with Crippen LogP contribution in [0.15, 0.2) is 36.5 Å². The number of carboxylic acid groups (broad SMARTS) is 1. The minimum Gasteiger partial charge on any atom is -0.491 e. The van der Waals surface area contributed by atoms with Gasteiger partial charge in [-0.3, -0.25) is 19.1 Å². The van der Waals surface area contributed by atoms with Gasteiger partial charge in [0, 0.05) is 23.9 Å². The molecular formula is C36H46FN5O10S. The highest BCUT2D eigenvalue weighted by molar-refractivity contribution is 7.91. The number of sulfonamides is 1. The average Bonchev–Trinajstić information content (AvgIpc) is 3.98. The third-order valence-corrected chi connectivity index (χ3v) is 12.8. The number of allylic oxidation sites excluding steroid dienone is 1. The Morgan fingerprint density at radius 1 is 1.23 bits per heavy atom. The summed E-state index contributed by atoms with van der Waals surface area (Å²) in [7, 11) is -4.04. The number of hydrogen-bond acceptors (Lipinski definition) is 10. The van der Waals surface area contributed by atoms with Gasteiger partial charge in [0.1, 0.15) is 23.7 Å². The van der Waals surface area contributed by atoms with E-state index < -0.39 is 86.3 Å². The smallest absolute Gasteiger partial charge is 0.405 e. The SMILES string of the molecule is CCOc1cc2ccnc(O[C@@H]3C[C@H]4C(=O)N[C@]5(C(=O)NS(=O)(=O)C6(C)CC6)C[C@H]5C=CCC[C@@H](C)O[C@@H](CC)[C@H](NC(=O)O)C(=O)N4C3)c2cc1F. The Morgan fingerprint density at radius 3 is 2.66 bits per heavy atom. The number of amides is 4. The Bertz CT molecular complexity index is 1920. The zero-order chi connectivity index (χ0) is 38.3. The predicted molar refractivity (Wildman–Crippen MR) is 189 cm³/mol. The number of fused-ring (bicyclic) bond motifs is 3. The van der Waals surface area contributed by atoms with E-state index in [4.69, 9.17) is 14.2 Å². The van der Waals surface area contributed by atoms with Crippen molar-refractivity contribution in [3.63, 3.8) is 0 Å². The number of ether oxygens (including phenoxy) is 3. The van der Waals surface area contributed by atoms with E-state index in [0.29, 0.717) is 36.5 Å². The summed E-state index contributed by atoms with van der Waals surface area (Å²) in [5.41, 5.74) is -1.61. The van der Waals surface area contributed by atoms with Gasteiger partial charge in [-0.1, -0.05) is 19.1 Å². The van der Waals surface area contributed by atoms with E-state index in [-0.39, 0.29) is 44.0 Å². The summed E-state index contributed by atoms with van der Waals surface area (Å²) < 4.78 is 60.1. The lowest BCUT2D eigenvalue weighted by atomic mass is 10.0. The van der Waals surface area contributed by atoms with Gasteiger partial charge in [-0.15, -0.1) is 0 Å². The van der Waals surface area contributed by atoms with Crippen molar-refractivity contribution in [1.29, 1.82) is 0 Å². The number of pyridine rings is 1. The van der Waals surface area contributed by atoms with Gasteiger partial charge in [0.2, 0.25) is 27.7 Å². The molecule has 15 nitrogen and oxygen atoms in total. The lowest BCUT2D eigenvalue weighted by Gasteiger charge is -2.33. The summed E-state index contributed by atoms with van der Waals surface area (Å²) >= 11 is 0. The standard InChI is InChI=1S/C36H46FN5O10S/c1-5-27-29(39-34(46)47)32(44)42-19-23(52-31-24-17-25(37)28(50-6-2)15-21(24)11-14-38-31)16-26(42)30(43)40-36(18-22(36)10-8-7-9-20(3)51-27)33(45)41-53(48,49)35(4)12-13-35/h8,10-11,14-15,17,20,22-23,26-27,29,39H,5-7,9,12-13,16,18-19H2,1-4H3,(H,40,43)(H,41,45)(H,46,47)/t20-,22-,23-,26+,27+,29+,36-/m1/s1. The van der Waals surface area contributed by atoms with Crippen LogP contribution in [0.3, 0.4) is 0 Å². The van der Waals surface area contributed by atoms with Crippen molar-refractivity contribution in [2.24, 2.45) is 5.92 Å². The summed E-state index contributed by atoms with van der Waals surface area (Å²) in [4.78, 5) is 60.0. The second-order valence-corrected chi connectivity index (χ2v) is 16.7. The average molecular weight is 760 g/mol. The van der Waals surface area contributed by atoms with Crippen LogP contribution in [0.4, 0.5) is 9.18 Å². The zero-order valence-electron chi connectivity index (χ0n) is 30.1. The van der Waals surface area contributed by atoms with Crippen LogP contribution in [-0.4, -0.2) is 101 Å². The molecule has 1 aromatic heterocycles. The quantitative estimate of drug-likeness (QED) is 0.274. The molecule has 2 aliphatic heterocycles. The fraction of sp³-hybridized carbons (Fsp3) is 0.583. The molecule has 1 saturated heterocycles. The van der Waals surface area contributed by atoms with Crippen molar-refractivity contribution in [2.45, 2.75) is 113 Å². The minimum atomic E-state index is -4.04. The van der Waals surface area contributed by atoms with Crippen LogP contribution in [0.25, 0.3) is 10.8 Å². The molecule has 53 heavy (non-hydrogen) atoms. The van der Waals surface area contributed by atoms with Crippen molar-refractivity contribution in [1.82, 2.24) is 25.2 Å². The number of nitrogens with one attached hydrogen (secondary N) is 3. The van der Waals surface area contributed by atoms with E-state index in [2.05, 4.69) is 20.3 Å². The number of nitrogens with zero attached hydrogens (tertiary/aromatic N) is 2. The van der Waals surface area contributed by atoms with Crippen LogP contribution in [-0.2, 0) is 29.1 Å². The molecule has 6 rings (SSSR count). The van der Waals surface area contributed by atoms with Crippen molar-refractivity contribution >= 4 is 44.6 Å². The first-order valence-electron chi connectivity index (χ1n) is 18.0. The monoisotopic (exact) mass is 759 g/mol. The molecule has 3 fully saturated rings. The molecule has 3 heterocycles. The van der Waals surface area contributed by atoms with Gasteiger partial charge in [0.25, 0.3) is 5.91 Å². The maximum Gasteiger partial charge on any atom is 0.405 e. The van der Waals surface area contributed by atoms with E-state index in [1.165, 1.54) is 23.2 Å². The van der Waals surface area contributed by atoms with E-state index in [1.54, 1.807) is 39.8 Å². The lowest BCUT2D eigenvalue weighted by Crippen LogP contribution is -2.60. The summed E-state index contributed by atoms with van der Waals surface area (Å²) in [5.74, 6) is -3.46. The summed E-state index contributed by atoms with van der Waals surface area (Å²) in [6.45, 7) is 6.89. The number of hydrogen-bond donors (Lipinski definition) is 4. The number of halogens is 1. The summed E-state index contributed by atoms with van der Waals surface area (Å²) in [5, 5.41) is 15.8. The van der Waals surface area contributed by atoms with Gasteiger partial charge in [-0.05, 0) is 82.9 Å². The second-order valence-electron chi connectivity index (χ2n) is 14.5. The van der Waals surface area contributed by atoms with Crippen LogP contribution in [0, 0.1) is 11.7 Å². The maximum absolute atomic E-state index is 15.0. The molecule has 2 aliphatic carbocycles. The number of benzene rings is 1. The van der Waals surface area contributed by atoms with Crippen molar-refractivity contribution in [3.8, 4) is 11.6 Å². The van der Waals surface area contributed by atoms with Crippen LogP contribution in [0.2, 0.25) is 0 Å². The predicted octanol–water partition coefficient (Wildman–Crippen LogP) is 3.16. The third-order valence-electron chi connectivity index (χ3n) is 10.6. The first kappa shape index (κ1) is 38.2. The van der Waals surface area contributed by atoms with E-state index >= 15 is 0 Å². The normalized spacial score (nSPS) is 29.9. The fourth-order valence-corrected chi connectivity index (χ4v) is 8.41. The van der Waals surface area contributed by atoms with Crippen LogP contribution in [0.1, 0.15) is 72.6 Å². The highest BCUT2D eigenvalue weighted by atomic mass is 32.2. The Balaban J connectivity index is 1.35. The molecular weight excluding hydrogens is 713 g/mol. The number of rotatable bonds is 9. The minimum absolute atomic E-state index is 0.0378. The molecule has 4 aliphatic rings. The molecule has 0 unspecified atom stereocenters. The van der Waals surface area contributed by atoms with Gasteiger partial charge in [0.15, 0.2) is 11.6 Å². The van der Waals surface area contributed by atoms with E-state index in [1.807, 2.05) is 6.08 Å². The summed E-state index contributed by atoms with van der Waals surface area (Å²) in [6, 6.07) is 1.70. The van der Waals surface area contributed by atoms with Gasteiger partial charge in [0.05, 0.1) is 30.1 Å². The first-order chi connectivity index (χ1) is 25.1. The molecule has 2 saturated carbocycles. The largest absolute Gasteiger partial charge is 0.491 e. The topological polar surface area (TPSA) is 203 Å². The molecule has 0 spiro atoms. The maximum atomic E-state index is 15.0.